The highest BCUT2D eigenvalue weighted by Crippen LogP contribution is 2.14. The zero-order chi connectivity index (χ0) is 15.5. The van der Waals surface area contributed by atoms with Crippen LogP contribution in [-0.4, -0.2) is 32.2 Å². The number of rotatable bonds is 5. The standard InChI is InChI=1S/C16H19N5O/c1-11-7-15(21-16(19-11)8-12(2)20-21)18-9-13(3)22-14-5-4-6-17-10-14/h4-8,10,13,18H,9H2,1-3H3. The third kappa shape index (κ3) is 3.16. The van der Waals surface area contributed by atoms with Gasteiger partial charge in [-0.15, -0.1) is 0 Å². The maximum atomic E-state index is 5.81. The Bertz CT molecular complexity index is 769. The fraction of sp³-hybridized carbons (Fsp3) is 0.312. The van der Waals surface area contributed by atoms with Crippen LogP contribution in [0, 0.1) is 13.8 Å². The Hall–Kier alpha value is -2.63. The maximum Gasteiger partial charge on any atom is 0.157 e. The summed E-state index contributed by atoms with van der Waals surface area (Å²) in [4.78, 5) is 8.52. The van der Waals surface area contributed by atoms with Crippen molar-refractivity contribution in [1.29, 1.82) is 0 Å². The van der Waals surface area contributed by atoms with E-state index < -0.39 is 0 Å². The summed E-state index contributed by atoms with van der Waals surface area (Å²) in [5.41, 5.74) is 2.75. The molecule has 0 amide bonds. The van der Waals surface area contributed by atoms with E-state index in [0.717, 1.165) is 28.6 Å². The van der Waals surface area contributed by atoms with E-state index in [1.54, 1.807) is 12.4 Å². The lowest BCUT2D eigenvalue weighted by Crippen LogP contribution is -2.23. The summed E-state index contributed by atoms with van der Waals surface area (Å²) in [5.74, 6) is 1.68. The number of fused-ring (bicyclic) bond motifs is 1. The second-order valence-corrected chi connectivity index (χ2v) is 5.34. The highest BCUT2D eigenvalue weighted by molar-refractivity contribution is 5.50. The molecule has 1 unspecified atom stereocenters. The zero-order valence-corrected chi connectivity index (χ0v) is 12.9. The lowest BCUT2D eigenvalue weighted by molar-refractivity contribution is 0.233. The molecule has 0 fully saturated rings. The normalized spacial score (nSPS) is 12.3. The predicted molar refractivity (Wildman–Crippen MR) is 85.3 cm³/mol. The van der Waals surface area contributed by atoms with Crippen molar-refractivity contribution in [2.75, 3.05) is 11.9 Å². The van der Waals surface area contributed by atoms with Crippen LogP contribution < -0.4 is 10.1 Å². The minimum atomic E-state index is 0.00406. The van der Waals surface area contributed by atoms with Crippen LogP contribution in [0.1, 0.15) is 18.3 Å². The molecular weight excluding hydrogens is 278 g/mol. The van der Waals surface area contributed by atoms with Crippen molar-refractivity contribution in [3.05, 3.63) is 48.0 Å². The second kappa shape index (κ2) is 6.01. The van der Waals surface area contributed by atoms with Gasteiger partial charge in [0.1, 0.15) is 17.7 Å². The van der Waals surface area contributed by atoms with Crippen molar-refractivity contribution in [1.82, 2.24) is 19.6 Å². The van der Waals surface area contributed by atoms with Crippen LogP contribution in [-0.2, 0) is 0 Å². The fourth-order valence-electron chi connectivity index (χ4n) is 2.28. The maximum absolute atomic E-state index is 5.81. The number of anilines is 1. The van der Waals surface area contributed by atoms with Gasteiger partial charge in [-0.2, -0.15) is 9.61 Å². The first-order valence-corrected chi connectivity index (χ1v) is 7.26. The minimum Gasteiger partial charge on any atom is -0.487 e. The van der Waals surface area contributed by atoms with E-state index in [0.29, 0.717) is 6.54 Å². The van der Waals surface area contributed by atoms with E-state index in [1.165, 1.54) is 0 Å². The molecule has 3 heterocycles. The number of ether oxygens (including phenoxy) is 1. The molecule has 114 valence electrons. The summed E-state index contributed by atoms with van der Waals surface area (Å²) < 4.78 is 7.63. The number of hydrogen-bond acceptors (Lipinski definition) is 5. The van der Waals surface area contributed by atoms with Crippen LogP contribution in [0.4, 0.5) is 5.82 Å². The summed E-state index contributed by atoms with van der Waals surface area (Å²) in [6, 6.07) is 7.71. The SMILES string of the molecule is Cc1cc(NCC(C)Oc2cccnc2)n2nc(C)cc2n1. The Morgan fingerprint density at radius 2 is 2.14 bits per heavy atom. The molecule has 0 aliphatic carbocycles. The average Bonchev–Trinajstić information content (AvgIpc) is 2.86. The predicted octanol–water partition coefficient (Wildman–Crippen LogP) is 2.62. The van der Waals surface area contributed by atoms with Gasteiger partial charge in [0.2, 0.25) is 0 Å². The van der Waals surface area contributed by atoms with E-state index in [1.807, 2.05) is 49.6 Å². The number of pyridine rings is 1. The van der Waals surface area contributed by atoms with Crippen LogP contribution in [0.3, 0.4) is 0 Å². The van der Waals surface area contributed by atoms with Gasteiger partial charge in [-0.05, 0) is 32.9 Å². The lowest BCUT2D eigenvalue weighted by atomic mass is 10.3. The van der Waals surface area contributed by atoms with Crippen molar-refractivity contribution >= 4 is 11.5 Å². The first kappa shape index (κ1) is 14.3. The van der Waals surface area contributed by atoms with E-state index in [2.05, 4.69) is 20.4 Å². The smallest absolute Gasteiger partial charge is 0.157 e. The molecule has 1 atom stereocenters. The van der Waals surface area contributed by atoms with Gasteiger partial charge >= 0.3 is 0 Å². The molecule has 0 saturated heterocycles. The molecule has 0 aliphatic rings. The Labute approximate surface area is 129 Å². The van der Waals surface area contributed by atoms with Crippen molar-refractivity contribution in [2.45, 2.75) is 26.9 Å². The van der Waals surface area contributed by atoms with Crippen LogP contribution in [0.2, 0.25) is 0 Å². The molecule has 0 spiro atoms. The van der Waals surface area contributed by atoms with E-state index >= 15 is 0 Å². The fourth-order valence-corrected chi connectivity index (χ4v) is 2.28. The molecule has 3 rings (SSSR count). The highest BCUT2D eigenvalue weighted by atomic mass is 16.5. The van der Waals surface area contributed by atoms with E-state index in [-0.39, 0.29) is 6.10 Å². The number of aryl methyl sites for hydroxylation is 2. The molecule has 6 heteroatoms. The Kier molecular flexibility index (Phi) is 3.91. The molecule has 22 heavy (non-hydrogen) atoms. The van der Waals surface area contributed by atoms with Gasteiger partial charge in [0.05, 0.1) is 18.4 Å². The quantitative estimate of drug-likeness (QED) is 0.784. The van der Waals surface area contributed by atoms with Crippen LogP contribution in [0.15, 0.2) is 36.7 Å². The van der Waals surface area contributed by atoms with Gasteiger partial charge < -0.3 is 10.1 Å². The van der Waals surface area contributed by atoms with Crippen LogP contribution in [0.5, 0.6) is 5.75 Å². The number of aromatic nitrogens is 4. The third-order valence-electron chi connectivity index (χ3n) is 3.22. The highest BCUT2D eigenvalue weighted by Gasteiger charge is 2.09. The Morgan fingerprint density at radius 1 is 1.27 bits per heavy atom. The van der Waals surface area contributed by atoms with E-state index in [9.17, 15) is 0 Å². The van der Waals surface area contributed by atoms with Crippen LogP contribution >= 0.6 is 0 Å². The number of nitrogens with one attached hydrogen (secondary N) is 1. The van der Waals surface area contributed by atoms with Gasteiger partial charge in [-0.25, -0.2) is 4.98 Å². The summed E-state index contributed by atoms with van der Waals surface area (Å²) in [6.07, 6.45) is 3.44. The third-order valence-corrected chi connectivity index (χ3v) is 3.22. The van der Waals surface area contributed by atoms with Crippen molar-refractivity contribution in [2.24, 2.45) is 0 Å². The van der Waals surface area contributed by atoms with Crippen LogP contribution in [0.25, 0.3) is 5.65 Å². The van der Waals surface area contributed by atoms with Gasteiger partial charge in [-0.3, -0.25) is 4.98 Å². The molecule has 3 aromatic rings. The number of nitrogens with zero attached hydrogens (tertiary/aromatic N) is 4. The molecule has 0 saturated carbocycles. The molecule has 0 radical (unpaired) electrons. The number of hydrogen-bond donors (Lipinski definition) is 1. The zero-order valence-electron chi connectivity index (χ0n) is 12.9. The minimum absolute atomic E-state index is 0.00406. The van der Waals surface area contributed by atoms with Gasteiger partial charge in [0, 0.05) is 24.0 Å². The summed E-state index contributed by atoms with van der Waals surface area (Å²) in [6.45, 7) is 6.61. The molecular formula is C16H19N5O. The topological polar surface area (TPSA) is 64.3 Å². The summed E-state index contributed by atoms with van der Waals surface area (Å²) >= 11 is 0. The monoisotopic (exact) mass is 297 g/mol. The van der Waals surface area contributed by atoms with Crippen molar-refractivity contribution in [3.63, 3.8) is 0 Å². The first-order chi connectivity index (χ1) is 10.6. The second-order valence-electron chi connectivity index (χ2n) is 5.34. The largest absolute Gasteiger partial charge is 0.487 e. The molecule has 0 aliphatic heterocycles. The van der Waals surface area contributed by atoms with Gasteiger partial charge in [-0.1, -0.05) is 0 Å². The Morgan fingerprint density at radius 3 is 2.91 bits per heavy atom. The molecule has 0 aromatic carbocycles. The Balaban J connectivity index is 1.71. The molecule has 0 bridgehead atoms. The average molecular weight is 297 g/mol. The van der Waals surface area contributed by atoms with Crippen molar-refractivity contribution < 1.29 is 4.74 Å². The summed E-state index contributed by atoms with van der Waals surface area (Å²) in [5, 5.41) is 7.83. The molecule has 3 aromatic heterocycles. The lowest BCUT2D eigenvalue weighted by Gasteiger charge is -2.16. The molecule has 6 nitrogen and oxygen atoms in total. The van der Waals surface area contributed by atoms with Gasteiger partial charge in [0.25, 0.3) is 0 Å². The first-order valence-electron chi connectivity index (χ1n) is 7.26. The summed E-state index contributed by atoms with van der Waals surface area (Å²) in [7, 11) is 0. The van der Waals surface area contributed by atoms with Gasteiger partial charge in [0.15, 0.2) is 5.65 Å². The van der Waals surface area contributed by atoms with Crippen molar-refractivity contribution in [3.8, 4) is 5.75 Å². The molecule has 1 N–H and O–H groups in total. The van der Waals surface area contributed by atoms with E-state index in [4.69, 9.17) is 4.74 Å².